The molecule has 1 aliphatic heterocycles. The highest BCUT2D eigenvalue weighted by atomic mass is 15.2. The zero-order valence-electron chi connectivity index (χ0n) is 15.8. The highest BCUT2D eigenvalue weighted by Crippen LogP contribution is 2.19. The fraction of sp³-hybridized carbons (Fsp3) is 0.650. The lowest BCUT2D eigenvalue weighted by Gasteiger charge is -2.33. The molecule has 1 heterocycles. The van der Waals surface area contributed by atoms with Gasteiger partial charge in [-0.1, -0.05) is 37.6 Å². The fourth-order valence-electron chi connectivity index (χ4n) is 3.11. The number of guanidine groups is 1. The molecule has 24 heavy (non-hydrogen) atoms. The second-order valence-electron chi connectivity index (χ2n) is 7.01. The van der Waals surface area contributed by atoms with Gasteiger partial charge in [0, 0.05) is 32.2 Å². The minimum absolute atomic E-state index is 0.435. The summed E-state index contributed by atoms with van der Waals surface area (Å²) >= 11 is 0. The molecular formula is C20H34N4. The van der Waals surface area contributed by atoms with Gasteiger partial charge in [-0.05, 0) is 50.8 Å². The normalized spacial score (nSPS) is 20.7. The molecule has 0 radical (unpaired) electrons. The second-order valence-corrected chi connectivity index (χ2v) is 7.01. The lowest BCUT2D eigenvalue weighted by atomic mass is 10.0. The Hall–Kier alpha value is -1.55. The van der Waals surface area contributed by atoms with Crippen molar-refractivity contribution in [3.63, 3.8) is 0 Å². The highest BCUT2D eigenvalue weighted by Gasteiger charge is 2.17. The van der Waals surface area contributed by atoms with Crippen LogP contribution in [0.15, 0.2) is 29.3 Å². The molecule has 0 amide bonds. The van der Waals surface area contributed by atoms with Gasteiger partial charge in [-0.15, -0.1) is 0 Å². The lowest BCUT2D eigenvalue weighted by Crippen LogP contribution is -2.41. The van der Waals surface area contributed by atoms with E-state index in [9.17, 15) is 0 Å². The summed E-state index contributed by atoms with van der Waals surface area (Å²) in [7, 11) is 1.82. The van der Waals surface area contributed by atoms with Gasteiger partial charge in [-0.2, -0.15) is 0 Å². The van der Waals surface area contributed by atoms with Crippen LogP contribution in [0.4, 0.5) is 0 Å². The standard InChI is InChI=1S/C20H34N4/c1-5-16(2)23-20(21-4)22-14-18-9-11-19(12-10-18)15-24-13-7-6-8-17(24)3/h9-12,16-17H,5-8,13-15H2,1-4H3,(H2,21,22,23). The number of hydrogen-bond acceptors (Lipinski definition) is 2. The molecule has 1 aromatic rings. The van der Waals surface area contributed by atoms with E-state index in [1.165, 1.54) is 36.9 Å². The molecule has 0 spiro atoms. The maximum Gasteiger partial charge on any atom is 0.191 e. The van der Waals surface area contributed by atoms with Crippen LogP contribution in [0.1, 0.15) is 57.6 Å². The van der Waals surface area contributed by atoms with Gasteiger partial charge in [0.05, 0.1) is 0 Å². The van der Waals surface area contributed by atoms with Crippen molar-refractivity contribution in [2.24, 2.45) is 4.99 Å². The van der Waals surface area contributed by atoms with Crippen LogP contribution in [0.3, 0.4) is 0 Å². The third-order valence-corrected chi connectivity index (χ3v) is 5.03. The summed E-state index contributed by atoms with van der Waals surface area (Å²) in [5, 5.41) is 6.78. The SMILES string of the molecule is CCC(C)NC(=NC)NCc1ccc(CN2CCCCC2C)cc1. The monoisotopic (exact) mass is 330 g/mol. The van der Waals surface area contributed by atoms with E-state index in [4.69, 9.17) is 0 Å². The third-order valence-electron chi connectivity index (χ3n) is 5.03. The van der Waals surface area contributed by atoms with Crippen LogP contribution < -0.4 is 10.6 Å². The van der Waals surface area contributed by atoms with Crippen LogP contribution in [-0.2, 0) is 13.1 Å². The van der Waals surface area contributed by atoms with Gasteiger partial charge in [-0.3, -0.25) is 9.89 Å². The molecule has 1 fully saturated rings. The van der Waals surface area contributed by atoms with Crippen molar-refractivity contribution in [2.75, 3.05) is 13.6 Å². The molecule has 1 aliphatic rings. The molecule has 0 saturated carbocycles. The van der Waals surface area contributed by atoms with E-state index in [1.807, 2.05) is 7.05 Å². The fourth-order valence-corrected chi connectivity index (χ4v) is 3.11. The molecule has 134 valence electrons. The van der Waals surface area contributed by atoms with Gasteiger partial charge in [0.15, 0.2) is 5.96 Å². The Bertz CT molecular complexity index is 509. The Morgan fingerprint density at radius 2 is 1.96 bits per heavy atom. The van der Waals surface area contributed by atoms with Crippen LogP contribution in [0.5, 0.6) is 0 Å². The first-order valence-corrected chi connectivity index (χ1v) is 9.41. The van der Waals surface area contributed by atoms with Crippen molar-refractivity contribution >= 4 is 5.96 Å². The Morgan fingerprint density at radius 3 is 2.58 bits per heavy atom. The average molecular weight is 331 g/mol. The first-order chi connectivity index (χ1) is 11.6. The minimum Gasteiger partial charge on any atom is -0.354 e. The number of nitrogens with one attached hydrogen (secondary N) is 2. The first kappa shape index (κ1) is 18.8. The largest absolute Gasteiger partial charge is 0.354 e. The molecule has 2 unspecified atom stereocenters. The van der Waals surface area contributed by atoms with Crippen LogP contribution >= 0.6 is 0 Å². The Labute approximate surface area is 147 Å². The number of nitrogens with zero attached hydrogens (tertiary/aromatic N) is 2. The number of aliphatic imine (C=N–C) groups is 1. The van der Waals surface area contributed by atoms with E-state index in [0.29, 0.717) is 6.04 Å². The predicted octanol–water partition coefficient (Wildman–Crippen LogP) is 3.52. The maximum atomic E-state index is 4.28. The van der Waals surface area contributed by atoms with Gasteiger partial charge in [0.1, 0.15) is 0 Å². The molecule has 4 heteroatoms. The topological polar surface area (TPSA) is 39.7 Å². The molecule has 2 N–H and O–H groups in total. The smallest absolute Gasteiger partial charge is 0.191 e. The molecule has 0 bridgehead atoms. The molecule has 1 aromatic carbocycles. The summed E-state index contributed by atoms with van der Waals surface area (Å²) in [6, 6.07) is 10.1. The van der Waals surface area contributed by atoms with Crippen molar-refractivity contribution in [3.05, 3.63) is 35.4 Å². The Balaban J connectivity index is 1.83. The van der Waals surface area contributed by atoms with E-state index in [-0.39, 0.29) is 0 Å². The molecule has 0 aliphatic carbocycles. The average Bonchev–Trinajstić information content (AvgIpc) is 2.61. The van der Waals surface area contributed by atoms with E-state index in [1.54, 1.807) is 0 Å². The van der Waals surface area contributed by atoms with Gasteiger partial charge < -0.3 is 10.6 Å². The molecule has 0 aromatic heterocycles. The third kappa shape index (κ3) is 5.82. The van der Waals surface area contributed by atoms with Gasteiger partial charge >= 0.3 is 0 Å². The quantitative estimate of drug-likeness (QED) is 0.619. The van der Waals surface area contributed by atoms with Crippen LogP contribution in [0, 0.1) is 0 Å². The minimum atomic E-state index is 0.435. The van der Waals surface area contributed by atoms with E-state index >= 15 is 0 Å². The van der Waals surface area contributed by atoms with Gasteiger partial charge in [0.25, 0.3) is 0 Å². The Morgan fingerprint density at radius 1 is 1.25 bits per heavy atom. The molecule has 1 saturated heterocycles. The number of rotatable bonds is 6. The molecule has 4 nitrogen and oxygen atoms in total. The van der Waals surface area contributed by atoms with Crippen molar-refractivity contribution in [2.45, 2.75) is 71.6 Å². The first-order valence-electron chi connectivity index (χ1n) is 9.41. The summed E-state index contributed by atoms with van der Waals surface area (Å²) in [6.45, 7) is 9.81. The van der Waals surface area contributed by atoms with Crippen molar-refractivity contribution in [1.29, 1.82) is 0 Å². The highest BCUT2D eigenvalue weighted by molar-refractivity contribution is 5.79. The second kappa shape index (κ2) is 9.67. The van der Waals surface area contributed by atoms with Crippen LogP contribution in [-0.4, -0.2) is 36.5 Å². The van der Waals surface area contributed by atoms with Gasteiger partial charge in [-0.25, -0.2) is 0 Å². The predicted molar refractivity (Wildman–Crippen MR) is 103 cm³/mol. The number of hydrogen-bond donors (Lipinski definition) is 2. The number of likely N-dealkylation sites (tertiary alicyclic amines) is 1. The van der Waals surface area contributed by atoms with E-state index in [0.717, 1.165) is 31.5 Å². The zero-order chi connectivity index (χ0) is 17.4. The zero-order valence-corrected chi connectivity index (χ0v) is 15.8. The molecule has 2 rings (SSSR count). The number of benzene rings is 1. The van der Waals surface area contributed by atoms with E-state index in [2.05, 4.69) is 65.6 Å². The van der Waals surface area contributed by atoms with Crippen LogP contribution in [0.25, 0.3) is 0 Å². The van der Waals surface area contributed by atoms with Crippen molar-refractivity contribution in [1.82, 2.24) is 15.5 Å². The summed E-state index contributed by atoms with van der Waals surface area (Å²) in [5.41, 5.74) is 2.70. The Kier molecular flexibility index (Phi) is 7.57. The summed E-state index contributed by atoms with van der Waals surface area (Å²) in [6.07, 6.45) is 5.15. The maximum absolute atomic E-state index is 4.28. The van der Waals surface area contributed by atoms with Gasteiger partial charge in [0.2, 0.25) is 0 Å². The van der Waals surface area contributed by atoms with Crippen LogP contribution in [0.2, 0.25) is 0 Å². The van der Waals surface area contributed by atoms with E-state index < -0.39 is 0 Å². The summed E-state index contributed by atoms with van der Waals surface area (Å²) in [4.78, 5) is 6.89. The molecular weight excluding hydrogens is 296 g/mol. The number of piperidine rings is 1. The lowest BCUT2D eigenvalue weighted by molar-refractivity contribution is 0.152. The van der Waals surface area contributed by atoms with Crippen molar-refractivity contribution in [3.8, 4) is 0 Å². The van der Waals surface area contributed by atoms with Crippen molar-refractivity contribution < 1.29 is 0 Å². The molecule has 2 atom stereocenters. The summed E-state index contributed by atoms with van der Waals surface area (Å²) < 4.78 is 0. The summed E-state index contributed by atoms with van der Waals surface area (Å²) in [5.74, 6) is 0.871.